The molecule has 1 nitrogen and oxygen atoms in total. The van der Waals surface area contributed by atoms with Gasteiger partial charge in [-0.15, -0.1) is 0 Å². The van der Waals surface area contributed by atoms with Crippen molar-refractivity contribution in [3.8, 4) is 22.3 Å². The van der Waals surface area contributed by atoms with E-state index < -0.39 is 0 Å². The van der Waals surface area contributed by atoms with Crippen LogP contribution in [0.5, 0.6) is 0 Å². The molecule has 1 heteroatoms. The maximum Gasteiger partial charge on any atom is 0.0256 e. The second-order valence-electron chi connectivity index (χ2n) is 14.7. The van der Waals surface area contributed by atoms with Crippen LogP contribution in [0.15, 0.2) is 218 Å². The highest BCUT2D eigenvalue weighted by Crippen LogP contribution is 2.43. The van der Waals surface area contributed by atoms with Gasteiger partial charge < -0.3 is 5.41 Å². The molecule has 0 spiro atoms. The number of benzene rings is 9. The average Bonchev–Trinajstić information content (AvgIpc) is 3.29. The van der Waals surface area contributed by atoms with Gasteiger partial charge in [-0.1, -0.05) is 200 Å². The third kappa shape index (κ3) is 7.36. The van der Waals surface area contributed by atoms with Crippen LogP contribution in [0.4, 0.5) is 0 Å². The number of hydrogen-bond acceptors (Lipinski definition) is 1. The molecular formula is C56H43N. The molecule has 0 saturated carbocycles. The Labute approximate surface area is 334 Å². The monoisotopic (exact) mass is 729 g/mol. The summed E-state index contributed by atoms with van der Waals surface area (Å²) in [6, 6.07) is 61.3. The van der Waals surface area contributed by atoms with Gasteiger partial charge in [0.05, 0.1) is 0 Å². The highest BCUT2D eigenvalue weighted by Gasteiger charge is 2.16. The van der Waals surface area contributed by atoms with Crippen LogP contribution in [-0.4, -0.2) is 6.21 Å². The summed E-state index contributed by atoms with van der Waals surface area (Å²) in [4.78, 5) is 0. The SMILES string of the molecule is C1=CC/C(=C\C=C/CCc2cc(-c3ccccc3)cc(-c3cc4c5ccccc5c5ccccc5c4c4ccccc34)c2)C=C1.N=Cc1cccc2ccccc12. The zero-order valence-electron chi connectivity index (χ0n) is 31.9. The first-order valence-corrected chi connectivity index (χ1v) is 19.9. The Kier molecular flexibility index (Phi) is 10.2. The minimum Gasteiger partial charge on any atom is -0.308 e. The predicted octanol–water partition coefficient (Wildman–Crippen LogP) is 15.4. The minimum atomic E-state index is 0.980. The summed E-state index contributed by atoms with van der Waals surface area (Å²) in [5.41, 5.74) is 8.76. The summed E-state index contributed by atoms with van der Waals surface area (Å²) in [6.07, 6.45) is 19.8. The maximum absolute atomic E-state index is 7.20. The molecule has 0 aromatic heterocycles. The molecule has 1 aliphatic rings. The van der Waals surface area contributed by atoms with Crippen molar-refractivity contribution in [2.45, 2.75) is 19.3 Å². The van der Waals surface area contributed by atoms with Crippen molar-refractivity contribution in [2.24, 2.45) is 0 Å². The number of hydrogen-bond donors (Lipinski definition) is 1. The van der Waals surface area contributed by atoms with Crippen LogP contribution in [0.2, 0.25) is 0 Å². The summed E-state index contributed by atoms with van der Waals surface area (Å²) in [5.74, 6) is 0. The van der Waals surface area contributed by atoms with Crippen molar-refractivity contribution >= 4 is 60.1 Å². The molecule has 0 heterocycles. The van der Waals surface area contributed by atoms with E-state index in [2.05, 4.69) is 182 Å². The van der Waals surface area contributed by atoms with Gasteiger partial charge in [0.25, 0.3) is 0 Å². The van der Waals surface area contributed by atoms with Gasteiger partial charge in [-0.25, -0.2) is 0 Å². The van der Waals surface area contributed by atoms with Gasteiger partial charge in [0, 0.05) is 6.21 Å². The van der Waals surface area contributed by atoms with Crippen molar-refractivity contribution in [2.75, 3.05) is 0 Å². The van der Waals surface area contributed by atoms with E-state index in [1.54, 1.807) is 0 Å². The van der Waals surface area contributed by atoms with Crippen LogP contribution in [0.25, 0.3) is 76.1 Å². The normalized spacial score (nSPS) is 13.2. The molecule has 0 atom stereocenters. The lowest BCUT2D eigenvalue weighted by Gasteiger charge is -2.17. The fraction of sp³-hybridized carbons (Fsp3) is 0.0536. The van der Waals surface area contributed by atoms with Crippen LogP contribution >= 0.6 is 0 Å². The Morgan fingerprint density at radius 1 is 0.491 bits per heavy atom. The Morgan fingerprint density at radius 3 is 1.84 bits per heavy atom. The largest absolute Gasteiger partial charge is 0.308 e. The number of rotatable bonds is 7. The molecule has 0 bridgehead atoms. The number of aryl methyl sites for hydroxylation is 1. The van der Waals surface area contributed by atoms with Crippen molar-refractivity contribution in [1.29, 1.82) is 5.41 Å². The Bertz CT molecular complexity index is 3040. The molecular weight excluding hydrogens is 687 g/mol. The summed E-state index contributed by atoms with van der Waals surface area (Å²) in [6.45, 7) is 0. The quantitative estimate of drug-likeness (QED) is 0.125. The van der Waals surface area contributed by atoms with E-state index >= 15 is 0 Å². The van der Waals surface area contributed by atoms with Crippen LogP contribution in [0, 0.1) is 5.41 Å². The minimum absolute atomic E-state index is 0.980. The lowest BCUT2D eigenvalue weighted by atomic mass is 9.86. The predicted molar refractivity (Wildman–Crippen MR) is 248 cm³/mol. The van der Waals surface area contributed by atoms with E-state index in [9.17, 15) is 0 Å². The third-order valence-electron chi connectivity index (χ3n) is 11.1. The molecule has 0 radical (unpaired) electrons. The summed E-state index contributed by atoms with van der Waals surface area (Å²) in [7, 11) is 0. The fourth-order valence-electron chi connectivity index (χ4n) is 8.36. The van der Waals surface area contributed by atoms with Gasteiger partial charge in [0.1, 0.15) is 0 Å². The lowest BCUT2D eigenvalue weighted by molar-refractivity contribution is 1.00. The molecule has 9 aromatic carbocycles. The molecule has 0 unspecified atom stereocenters. The third-order valence-corrected chi connectivity index (χ3v) is 11.1. The first-order valence-electron chi connectivity index (χ1n) is 19.9. The van der Waals surface area contributed by atoms with E-state index in [4.69, 9.17) is 5.41 Å². The Balaban J connectivity index is 0.000000300. The Hall–Kier alpha value is -7.09. The van der Waals surface area contributed by atoms with Crippen molar-refractivity contribution < 1.29 is 0 Å². The molecule has 0 fully saturated rings. The molecule has 0 amide bonds. The Morgan fingerprint density at radius 2 is 1.11 bits per heavy atom. The van der Waals surface area contributed by atoms with E-state index in [0.29, 0.717) is 0 Å². The van der Waals surface area contributed by atoms with Crippen LogP contribution in [-0.2, 0) is 6.42 Å². The summed E-state index contributed by atoms with van der Waals surface area (Å²) >= 11 is 0. The number of allylic oxidation sites excluding steroid dienone is 8. The van der Waals surface area contributed by atoms with E-state index in [1.165, 1.54) is 88.1 Å². The molecule has 10 rings (SSSR count). The van der Waals surface area contributed by atoms with Gasteiger partial charge in [0.2, 0.25) is 0 Å². The molecule has 1 aliphatic carbocycles. The molecule has 1 N–H and O–H groups in total. The van der Waals surface area contributed by atoms with E-state index in [0.717, 1.165) is 30.2 Å². The average molecular weight is 730 g/mol. The van der Waals surface area contributed by atoms with E-state index in [1.807, 2.05) is 30.3 Å². The standard InChI is InChI=1S/C45H34.C11H9N/c1-4-16-32(17-5-1)18-6-2-7-19-33-28-35(34-20-8-3-9-21-34)30-36(29-33)43-31-44-39-24-11-10-22-37(39)38-23-12-14-26-41(38)45(44)42-27-15-13-25-40(42)43;12-8-10-6-3-5-9-4-1-2-7-11(9)10/h1-6,8-16,18,20-31H,7,17,19H2;1-8,12H/b6-2-,32-18-;. The van der Waals surface area contributed by atoms with Crippen LogP contribution in [0.1, 0.15) is 24.0 Å². The van der Waals surface area contributed by atoms with Gasteiger partial charge in [-0.2, -0.15) is 0 Å². The second-order valence-corrected chi connectivity index (χ2v) is 14.7. The van der Waals surface area contributed by atoms with E-state index in [-0.39, 0.29) is 0 Å². The summed E-state index contributed by atoms with van der Waals surface area (Å²) < 4.78 is 0. The maximum atomic E-state index is 7.20. The zero-order chi connectivity index (χ0) is 38.4. The van der Waals surface area contributed by atoms with Gasteiger partial charge in [0.15, 0.2) is 0 Å². The highest BCUT2D eigenvalue weighted by molar-refractivity contribution is 6.33. The van der Waals surface area contributed by atoms with Crippen LogP contribution < -0.4 is 0 Å². The van der Waals surface area contributed by atoms with Crippen molar-refractivity contribution in [1.82, 2.24) is 0 Å². The van der Waals surface area contributed by atoms with Crippen molar-refractivity contribution in [3.05, 3.63) is 229 Å². The molecule has 0 saturated heterocycles. The zero-order valence-corrected chi connectivity index (χ0v) is 31.9. The number of fused-ring (bicyclic) bond motifs is 9. The fourth-order valence-corrected chi connectivity index (χ4v) is 8.36. The lowest BCUT2D eigenvalue weighted by Crippen LogP contribution is -1.92. The van der Waals surface area contributed by atoms with Crippen LogP contribution in [0.3, 0.4) is 0 Å². The summed E-state index contributed by atoms with van der Waals surface area (Å²) in [5, 5.41) is 20.0. The molecule has 9 aromatic rings. The topological polar surface area (TPSA) is 23.9 Å². The van der Waals surface area contributed by atoms with Gasteiger partial charge >= 0.3 is 0 Å². The van der Waals surface area contributed by atoms with Crippen molar-refractivity contribution in [3.63, 3.8) is 0 Å². The first kappa shape index (κ1) is 35.6. The molecule has 57 heavy (non-hydrogen) atoms. The van der Waals surface area contributed by atoms with Gasteiger partial charge in [-0.05, 0) is 124 Å². The second kappa shape index (κ2) is 16.3. The number of nitrogens with one attached hydrogen (secondary N) is 1. The first-order chi connectivity index (χ1) is 28.2. The van der Waals surface area contributed by atoms with Gasteiger partial charge in [-0.3, -0.25) is 0 Å². The molecule has 0 aliphatic heterocycles. The smallest absolute Gasteiger partial charge is 0.0256 e. The highest BCUT2D eigenvalue weighted by atomic mass is 14.3. The molecule has 272 valence electrons.